The summed E-state index contributed by atoms with van der Waals surface area (Å²) in [6.45, 7) is 3.30. The number of ether oxygens (including phenoxy) is 1. The number of benzene rings is 1. The smallest absolute Gasteiger partial charge is 0.261 e. The Morgan fingerprint density at radius 2 is 2.03 bits per heavy atom. The lowest BCUT2D eigenvalue weighted by molar-refractivity contribution is -0.127. The molecule has 1 saturated carbocycles. The van der Waals surface area contributed by atoms with Crippen molar-refractivity contribution in [2.75, 3.05) is 32.9 Å². The maximum atomic E-state index is 12.9. The van der Waals surface area contributed by atoms with Gasteiger partial charge in [-0.3, -0.25) is 4.79 Å². The van der Waals surface area contributed by atoms with Crippen LogP contribution in [0.2, 0.25) is 0 Å². The molecule has 2 atom stereocenters. The molecule has 11 heteroatoms. The Morgan fingerprint density at radius 1 is 1.27 bits per heavy atom. The van der Waals surface area contributed by atoms with Crippen molar-refractivity contribution in [3.05, 3.63) is 18.2 Å². The van der Waals surface area contributed by atoms with Crippen molar-refractivity contribution in [1.29, 1.82) is 0 Å². The molecule has 1 aromatic heterocycles. The Balaban J connectivity index is 1.45. The number of rotatable bonds is 6. The SMILES string of the molecule is CC1CCCCC1NC(=O)COn1nnc2ccc(S(=O)(=O)N3CCOCC3)cc21. The first kappa shape index (κ1) is 21.0. The second-order valence-electron chi connectivity index (χ2n) is 7.84. The summed E-state index contributed by atoms with van der Waals surface area (Å²) in [6, 6.07) is 4.72. The minimum Gasteiger partial charge on any atom is -0.385 e. The number of nitrogens with one attached hydrogen (secondary N) is 1. The number of morpholine rings is 1. The molecule has 1 amide bonds. The Labute approximate surface area is 175 Å². The minimum atomic E-state index is -3.66. The lowest BCUT2D eigenvalue weighted by atomic mass is 9.86. The zero-order chi connectivity index (χ0) is 21.1. The molecule has 0 spiro atoms. The number of amides is 1. The van der Waals surface area contributed by atoms with E-state index in [1.165, 1.54) is 22.9 Å². The highest BCUT2D eigenvalue weighted by Crippen LogP contribution is 2.24. The van der Waals surface area contributed by atoms with E-state index >= 15 is 0 Å². The minimum absolute atomic E-state index is 0.129. The standard InChI is InChI=1S/C19H27N5O5S/c1-14-4-2-3-5-16(14)20-19(25)13-29-24-18-12-15(6-7-17(18)21-22-24)30(26,27)23-8-10-28-11-9-23/h6-7,12,14,16H,2-5,8-11,13H2,1H3,(H,20,25). The number of hydrogen-bond donors (Lipinski definition) is 1. The van der Waals surface area contributed by atoms with Gasteiger partial charge in [0.25, 0.3) is 5.91 Å². The van der Waals surface area contributed by atoms with Gasteiger partial charge >= 0.3 is 0 Å². The second-order valence-corrected chi connectivity index (χ2v) is 9.78. The lowest BCUT2D eigenvalue weighted by Crippen LogP contribution is -2.43. The monoisotopic (exact) mass is 437 g/mol. The van der Waals surface area contributed by atoms with Crippen LogP contribution in [0.4, 0.5) is 0 Å². The van der Waals surface area contributed by atoms with Crippen molar-refractivity contribution < 1.29 is 22.8 Å². The molecule has 1 saturated heterocycles. The highest BCUT2D eigenvalue weighted by molar-refractivity contribution is 7.89. The van der Waals surface area contributed by atoms with E-state index in [4.69, 9.17) is 9.57 Å². The summed E-state index contributed by atoms with van der Waals surface area (Å²) >= 11 is 0. The van der Waals surface area contributed by atoms with Gasteiger partial charge in [0.05, 0.1) is 18.1 Å². The summed E-state index contributed by atoms with van der Waals surface area (Å²) in [4.78, 5) is 19.1. The van der Waals surface area contributed by atoms with E-state index in [-0.39, 0.29) is 23.5 Å². The van der Waals surface area contributed by atoms with Crippen molar-refractivity contribution in [3.8, 4) is 0 Å². The lowest BCUT2D eigenvalue weighted by Gasteiger charge is -2.29. The summed E-state index contributed by atoms with van der Waals surface area (Å²) in [5, 5.41) is 10.9. The molecule has 0 bridgehead atoms. The van der Waals surface area contributed by atoms with E-state index in [1.54, 1.807) is 6.07 Å². The fraction of sp³-hybridized carbons (Fsp3) is 0.632. The zero-order valence-corrected chi connectivity index (χ0v) is 17.8. The molecule has 1 aliphatic carbocycles. The zero-order valence-electron chi connectivity index (χ0n) is 17.0. The van der Waals surface area contributed by atoms with E-state index in [9.17, 15) is 13.2 Å². The van der Waals surface area contributed by atoms with Crippen LogP contribution in [0.15, 0.2) is 23.1 Å². The Morgan fingerprint density at radius 3 is 2.80 bits per heavy atom. The average molecular weight is 438 g/mol. The van der Waals surface area contributed by atoms with Crippen LogP contribution in [0.5, 0.6) is 0 Å². The van der Waals surface area contributed by atoms with Gasteiger partial charge in [0, 0.05) is 19.1 Å². The summed E-state index contributed by atoms with van der Waals surface area (Å²) in [6.07, 6.45) is 4.40. The number of carbonyl (C=O) groups is 1. The summed E-state index contributed by atoms with van der Waals surface area (Å²) in [7, 11) is -3.66. The molecule has 1 N–H and O–H groups in total. The van der Waals surface area contributed by atoms with E-state index in [1.807, 2.05) is 0 Å². The van der Waals surface area contributed by atoms with Crippen LogP contribution in [-0.2, 0) is 19.6 Å². The molecule has 0 radical (unpaired) electrons. The molecule has 1 aliphatic heterocycles. The van der Waals surface area contributed by atoms with Crippen LogP contribution < -0.4 is 10.2 Å². The van der Waals surface area contributed by atoms with Gasteiger partial charge in [0.15, 0.2) is 6.61 Å². The van der Waals surface area contributed by atoms with Gasteiger partial charge in [-0.1, -0.05) is 24.6 Å². The molecule has 2 aliphatic rings. The van der Waals surface area contributed by atoms with Crippen LogP contribution in [-0.4, -0.2) is 72.7 Å². The number of aromatic nitrogens is 3. The molecular formula is C19H27N5O5S. The van der Waals surface area contributed by atoms with E-state index < -0.39 is 10.0 Å². The van der Waals surface area contributed by atoms with E-state index in [0.717, 1.165) is 24.1 Å². The van der Waals surface area contributed by atoms with Crippen LogP contribution in [0.25, 0.3) is 11.0 Å². The van der Waals surface area contributed by atoms with Crippen LogP contribution in [0, 0.1) is 5.92 Å². The summed E-state index contributed by atoms with van der Waals surface area (Å²) in [5.74, 6) is 0.220. The highest BCUT2D eigenvalue weighted by Gasteiger charge is 2.27. The number of fused-ring (bicyclic) bond motifs is 1. The van der Waals surface area contributed by atoms with Gasteiger partial charge in [-0.05, 0) is 42.2 Å². The normalized spacial score (nSPS) is 23.4. The van der Waals surface area contributed by atoms with E-state index in [0.29, 0.717) is 43.3 Å². The van der Waals surface area contributed by atoms with Crippen molar-refractivity contribution in [2.45, 2.75) is 43.5 Å². The first-order valence-corrected chi connectivity index (χ1v) is 11.7. The number of carbonyl (C=O) groups excluding carboxylic acids is 1. The Kier molecular flexibility index (Phi) is 6.21. The van der Waals surface area contributed by atoms with Crippen LogP contribution >= 0.6 is 0 Å². The van der Waals surface area contributed by atoms with Gasteiger partial charge in [-0.15, -0.1) is 5.10 Å². The molecule has 10 nitrogen and oxygen atoms in total. The molecular weight excluding hydrogens is 410 g/mol. The van der Waals surface area contributed by atoms with Gasteiger partial charge in [-0.2, -0.15) is 4.31 Å². The Hall–Kier alpha value is -2.24. The molecule has 2 heterocycles. The number of nitrogens with zero attached hydrogens (tertiary/aromatic N) is 4. The van der Waals surface area contributed by atoms with Gasteiger partial charge in [-0.25, -0.2) is 8.42 Å². The Bertz CT molecular complexity index is 1000. The maximum absolute atomic E-state index is 12.9. The van der Waals surface area contributed by atoms with Crippen LogP contribution in [0.3, 0.4) is 0 Å². The van der Waals surface area contributed by atoms with E-state index in [2.05, 4.69) is 22.6 Å². The van der Waals surface area contributed by atoms with Crippen molar-refractivity contribution in [2.24, 2.45) is 5.92 Å². The third-order valence-corrected chi connectivity index (χ3v) is 7.66. The molecule has 30 heavy (non-hydrogen) atoms. The van der Waals surface area contributed by atoms with Gasteiger partial charge in [0.2, 0.25) is 10.0 Å². The van der Waals surface area contributed by atoms with Gasteiger partial charge < -0.3 is 14.9 Å². The molecule has 4 rings (SSSR count). The number of hydrogen-bond acceptors (Lipinski definition) is 7. The fourth-order valence-corrected chi connectivity index (χ4v) is 5.40. The molecule has 2 unspecified atom stereocenters. The molecule has 2 fully saturated rings. The predicted octanol–water partition coefficient (Wildman–Crippen LogP) is 0.576. The number of sulfonamides is 1. The first-order valence-electron chi connectivity index (χ1n) is 10.3. The maximum Gasteiger partial charge on any atom is 0.261 e. The first-order chi connectivity index (χ1) is 14.4. The highest BCUT2D eigenvalue weighted by atomic mass is 32.2. The topological polar surface area (TPSA) is 116 Å². The molecule has 164 valence electrons. The predicted molar refractivity (Wildman–Crippen MR) is 108 cm³/mol. The molecule has 1 aromatic carbocycles. The third kappa shape index (κ3) is 4.42. The van der Waals surface area contributed by atoms with Crippen LogP contribution in [0.1, 0.15) is 32.6 Å². The second kappa shape index (κ2) is 8.86. The molecule has 2 aromatic rings. The van der Waals surface area contributed by atoms with Gasteiger partial charge in [0.1, 0.15) is 11.0 Å². The fourth-order valence-electron chi connectivity index (χ4n) is 3.97. The van der Waals surface area contributed by atoms with Crippen molar-refractivity contribution >= 4 is 27.0 Å². The van der Waals surface area contributed by atoms with Crippen molar-refractivity contribution in [3.63, 3.8) is 0 Å². The largest absolute Gasteiger partial charge is 0.385 e. The summed E-state index contributed by atoms with van der Waals surface area (Å²) < 4.78 is 32.4. The third-order valence-electron chi connectivity index (χ3n) is 5.77. The quantitative estimate of drug-likeness (QED) is 0.703. The summed E-state index contributed by atoms with van der Waals surface area (Å²) in [5.41, 5.74) is 0.875. The van der Waals surface area contributed by atoms with Crippen molar-refractivity contribution in [1.82, 2.24) is 24.8 Å². The average Bonchev–Trinajstić information content (AvgIpc) is 3.17.